The molecule has 22 heavy (non-hydrogen) atoms. The van der Waals surface area contributed by atoms with Gasteiger partial charge in [-0.1, -0.05) is 6.07 Å². The van der Waals surface area contributed by atoms with Gasteiger partial charge < -0.3 is 19.9 Å². The molecule has 7 heteroatoms. The van der Waals surface area contributed by atoms with E-state index >= 15 is 0 Å². The zero-order chi connectivity index (χ0) is 16.8. The molecule has 0 fully saturated rings. The molecule has 0 spiro atoms. The summed E-state index contributed by atoms with van der Waals surface area (Å²) in [5.74, 6) is -1.68. The maximum Gasteiger partial charge on any atom is 0.407 e. The second kappa shape index (κ2) is 7.63. The highest BCUT2D eigenvalue weighted by Crippen LogP contribution is 2.18. The second-order valence-electron chi connectivity index (χ2n) is 5.61. The lowest BCUT2D eigenvalue weighted by atomic mass is 10.1. The quantitative estimate of drug-likeness (QED) is 0.788. The van der Waals surface area contributed by atoms with Gasteiger partial charge in [-0.2, -0.15) is 0 Å². The van der Waals surface area contributed by atoms with Crippen LogP contribution in [0.3, 0.4) is 0 Å². The minimum absolute atomic E-state index is 0.000118. The van der Waals surface area contributed by atoms with Gasteiger partial charge in [0.1, 0.15) is 12.2 Å². The number of hydrogen-bond acceptors (Lipinski definition) is 4. The van der Waals surface area contributed by atoms with Crippen molar-refractivity contribution in [1.82, 2.24) is 5.32 Å². The Morgan fingerprint density at radius 1 is 1.32 bits per heavy atom. The van der Waals surface area contributed by atoms with Crippen molar-refractivity contribution in [2.75, 3.05) is 13.2 Å². The zero-order valence-corrected chi connectivity index (χ0v) is 12.8. The molecule has 0 radical (unpaired) electrons. The van der Waals surface area contributed by atoms with Crippen molar-refractivity contribution in [3.63, 3.8) is 0 Å². The molecule has 122 valence electrons. The molecule has 0 saturated heterocycles. The Labute approximate surface area is 128 Å². The summed E-state index contributed by atoms with van der Waals surface area (Å²) in [5, 5.41) is 11.1. The van der Waals surface area contributed by atoms with Gasteiger partial charge in [0.05, 0.1) is 13.0 Å². The zero-order valence-electron chi connectivity index (χ0n) is 12.8. The lowest BCUT2D eigenvalue weighted by Crippen LogP contribution is -2.34. The lowest BCUT2D eigenvalue weighted by molar-refractivity contribution is -0.136. The highest BCUT2D eigenvalue weighted by atomic mass is 19.1. The Bertz CT molecular complexity index is 539. The lowest BCUT2D eigenvalue weighted by Gasteiger charge is -2.19. The number of amides is 1. The molecule has 1 aromatic carbocycles. The number of ether oxygens (including phenoxy) is 2. The van der Waals surface area contributed by atoms with E-state index in [1.807, 2.05) is 0 Å². The molecule has 2 N–H and O–H groups in total. The maximum atomic E-state index is 13.7. The first-order valence-corrected chi connectivity index (χ1v) is 6.77. The number of carbonyl (C=O) groups is 2. The van der Waals surface area contributed by atoms with E-state index in [2.05, 4.69) is 5.32 Å². The van der Waals surface area contributed by atoms with Crippen LogP contribution in [-0.4, -0.2) is 35.9 Å². The highest BCUT2D eigenvalue weighted by Gasteiger charge is 2.15. The summed E-state index contributed by atoms with van der Waals surface area (Å²) in [6.07, 6.45) is -0.828. The first-order chi connectivity index (χ1) is 10.2. The summed E-state index contributed by atoms with van der Waals surface area (Å²) in [7, 11) is 0. The molecular formula is C15H20FNO5. The van der Waals surface area contributed by atoms with Crippen LogP contribution < -0.4 is 10.1 Å². The third-order valence-corrected chi connectivity index (χ3v) is 2.38. The third-order valence-electron chi connectivity index (χ3n) is 2.38. The monoisotopic (exact) mass is 313 g/mol. The van der Waals surface area contributed by atoms with Gasteiger partial charge in [-0.05, 0) is 38.5 Å². The number of carbonyl (C=O) groups excluding carboxylic acids is 1. The van der Waals surface area contributed by atoms with E-state index < -0.39 is 23.5 Å². The fourth-order valence-corrected chi connectivity index (χ4v) is 1.57. The Balaban J connectivity index is 2.39. The predicted molar refractivity (Wildman–Crippen MR) is 77.5 cm³/mol. The van der Waals surface area contributed by atoms with Crippen LogP contribution >= 0.6 is 0 Å². The predicted octanol–water partition coefficient (Wildman–Crippen LogP) is 2.36. The molecule has 1 aromatic rings. The molecule has 1 amide bonds. The van der Waals surface area contributed by atoms with E-state index in [4.69, 9.17) is 14.6 Å². The maximum absolute atomic E-state index is 13.7. The van der Waals surface area contributed by atoms with E-state index in [1.165, 1.54) is 12.1 Å². The van der Waals surface area contributed by atoms with Crippen LogP contribution in [0.4, 0.5) is 9.18 Å². The first-order valence-electron chi connectivity index (χ1n) is 6.77. The number of alkyl carbamates (subject to hydrolysis) is 1. The van der Waals surface area contributed by atoms with Crippen LogP contribution in [0, 0.1) is 5.82 Å². The average molecular weight is 313 g/mol. The number of halogens is 1. The molecule has 6 nitrogen and oxygen atoms in total. The summed E-state index contributed by atoms with van der Waals surface area (Å²) in [6, 6.07) is 3.96. The Morgan fingerprint density at radius 3 is 2.55 bits per heavy atom. The number of nitrogens with one attached hydrogen (secondary N) is 1. The van der Waals surface area contributed by atoms with Crippen molar-refractivity contribution in [2.24, 2.45) is 0 Å². The standard InChI is InChI=1S/C15H20FNO5/c1-15(2,3)22-14(20)17-6-7-21-12-5-4-10(8-11(12)16)9-13(18)19/h4-5,8H,6-7,9H2,1-3H3,(H,17,20)(H,18,19). The van der Waals surface area contributed by atoms with Crippen molar-refractivity contribution in [3.05, 3.63) is 29.6 Å². The van der Waals surface area contributed by atoms with Crippen LogP contribution in [0.2, 0.25) is 0 Å². The summed E-state index contributed by atoms with van der Waals surface area (Å²) in [4.78, 5) is 21.9. The molecule has 0 saturated carbocycles. The SMILES string of the molecule is CC(C)(C)OC(=O)NCCOc1ccc(CC(=O)O)cc1F. The van der Waals surface area contributed by atoms with E-state index in [1.54, 1.807) is 20.8 Å². The van der Waals surface area contributed by atoms with Crippen LogP contribution in [0.15, 0.2) is 18.2 Å². The number of carboxylic acids is 1. The van der Waals surface area contributed by atoms with Gasteiger partial charge in [0.25, 0.3) is 0 Å². The molecule has 0 atom stereocenters. The number of aliphatic carboxylic acids is 1. The van der Waals surface area contributed by atoms with E-state index in [9.17, 15) is 14.0 Å². The molecule has 0 aliphatic carbocycles. The normalized spacial score (nSPS) is 10.9. The molecule has 0 unspecified atom stereocenters. The third kappa shape index (κ3) is 6.92. The molecule has 0 bridgehead atoms. The van der Waals surface area contributed by atoms with E-state index in [-0.39, 0.29) is 25.3 Å². The first kappa shape index (κ1) is 17.7. The van der Waals surface area contributed by atoms with Crippen molar-refractivity contribution in [2.45, 2.75) is 32.8 Å². The van der Waals surface area contributed by atoms with Crippen LogP contribution in [0.5, 0.6) is 5.75 Å². The smallest absolute Gasteiger partial charge is 0.407 e. The summed E-state index contributed by atoms with van der Waals surface area (Å²) in [6.45, 7) is 5.46. The minimum atomic E-state index is -1.03. The van der Waals surface area contributed by atoms with E-state index in [0.29, 0.717) is 5.56 Å². The number of carboxylic acid groups (broad SMARTS) is 1. The summed E-state index contributed by atoms with van der Waals surface area (Å²) in [5.41, 5.74) is -0.235. The largest absolute Gasteiger partial charge is 0.489 e. The van der Waals surface area contributed by atoms with Gasteiger partial charge in [0.15, 0.2) is 11.6 Å². The summed E-state index contributed by atoms with van der Waals surface area (Å²) < 4.78 is 23.9. The fraction of sp³-hybridized carbons (Fsp3) is 0.467. The van der Waals surface area contributed by atoms with Gasteiger partial charge in [0.2, 0.25) is 0 Å². The minimum Gasteiger partial charge on any atom is -0.489 e. The van der Waals surface area contributed by atoms with Crippen molar-refractivity contribution < 1.29 is 28.6 Å². The van der Waals surface area contributed by atoms with Crippen LogP contribution in [0.1, 0.15) is 26.3 Å². The van der Waals surface area contributed by atoms with Crippen molar-refractivity contribution in [1.29, 1.82) is 0 Å². The van der Waals surface area contributed by atoms with Gasteiger partial charge in [-0.15, -0.1) is 0 Å². The average Bonchev–Trinajstić information content (AvgIpc) is 2.33. The van der Waals surface area contributed by atoms with Gasteiger partial charge in [0, 0.05) is 0 Å². The Kier molecular flexibility index (Phi) is 6.15. The van der Waals surface area contributed by atoms with Gasteiger partial charge >= 0.3 is 12.1 Å². The van der Waals surface area contributed by atoms with Crippen molar-refractivity contribution in [3.8, 4) is 5.75 Å². The number of hydrogen-bond donors (Lipinski definition) is 2. The van der Waals surface area contributed by atoms with Gasteiger partial charge in [-0.25, -0.2) is 9.18 Å². The Morgan fingerprint density at radius 2 is 2.00 bits per heavy atom. The molecule has 1 rings (SSSR count). The Hall–Kier alpha value is -2.31. The molecule has 0 aliphatic rings. The van der Waals surface area contributed by atoms with E-state index in [0.717, 1.165) is 6.07 Å². The van der Waals surface area contributed by atoms with Crippen molar-refractivity contribution >= 4 is 12.1 Å². The van der Waals surface area contributed by atoms with Crippen LogP contribution in [-0.2, 0) is 16.0 Å². The molecule has 0 aromatic heterocycles. The van der Waals surface area contributed by atoms with Crippen LogP contribution in [0.25, 0.3) is 0 Å². The fourth-order valence-electron chi connectivity index (χ4n) is 1.57. The van der Waals surface area contributed by atoms with Gasteiger partial charge in [-0.3, -0.25) is 4.79 Å². The summed E-state index contributed by atoms with van der Waals surface area (Å²) >= 11 is 0. The number of benzene rings is 1. The molecule has 0 aliphatic heterocycles. The topological polar surface area (TPSA) is 84.9 Å². The second-order valence-corrected chi connectivity index (χ2v) is 5.61. The number of rotatable bonds is 6. The molecule has 0 heterocycles. The molecular weight excluding hydrogens is 293 g/mol. The highest BCUT2D eigenvalue weighted by molar-refractivity contribution is 5.70.